The minimum atomic E-state index is -0.450. The highest BCUT2D eigenvalue weighted by atomic mass is 79.9. The van der Waals surface area contributed by atoms with Crippen LogP contribution in [0.4, 0.5) is 0 Å². The van der Waals surface area contributed by atoms with Gasteiger partial charge in [0.15, 0.2) is 0 Å². The molecule has 0 saturated heterocycles. The van der Waals surface area contributed by atoms with Crippen molar-refractivity contribution in [2.75, 3.05) is 0 Å². The van der Waals surface area contributed by atoms with Gasteiger partial charge in [0.1, 0.15) is 0 Å². The molecule has 6 heteroatoms. The van der Waals surface area contributed by atoms with Crippen LogP contribution in [0, 0.1) is 0 Å². The Balaban J connectivity index is 2.37. The zero-order valence-electron chi connectivity index (χ0n) is 9.39. The van der Waals surface area contributed by atoms with Crippen molar-refractivity contribution in [2.45, 2.75) is 13.2 Å². The van der Waals surface area contributed by atoms with E-state index in [0.29, 0.717) is 4.47 Å². The number of H-pyrrole nitrogens is 1. The molecule has 0 radical (unpaired) electrons. The fraction of sp³-hybridized carbons (Fsp3) is 0.167. The highest BCUT2D eigenvalue weighted by molar-refractivity contribution is 9.10. The maximum absolute atomic E-state index is 11.8. The second-order valence-electron chi connectivity index (χ2n) is 3.81. The number of rotatable bonds is 3. The lowest BCUT2D eigenvalue weighted by atomic mass is 10.1. The maximum atomic E-state index is 11.8. The molecule has 18 heavy (non-hydrogen) atoms. The van der Waals surface area contributed by atoms with Crippen molar-refractivity contribution in [1.82, 2.24) is 9.55 Å². The normalized spacial score (nSPS) is 10.6. The molecule has 0 aliphatic carbocycles. The van der Waals surface area contributed by atoms with Crippen molar-refractivity contribution in [3.8, 4) is 0 Å². The summed E-state index contributed by atoms with van der Waals surface area (Å²) in [4.78, 5) is 25.8. The van der Waals surface area contributed by atoms with Crippen molar-refractivity contribution in [3.63, 3.8) is 0 Å². The molecule has 0 amide bonds. The first kappa shape index (κ1) is 12.8. The molecule has 1 heterocycles. The second-order valence-corrected chi connectivity index (χ2v) is 4.66. The summed E-state index contributed by atoms with van der Waals surface area (Å²) in [5.74, 6) is 0. The summed E-state index contributed by atoms with van der Waals surface area (Å²) < 4.78 is 1.42. The summed E-state index contributed by atoms with van der Waals surface area (Å²) in [7, 11) is 0. The summed E-state index contributed by atoms with van der Waals surface area (Å²) >= 11 is 3.08. The van der Waals surface area contributed by atoms with E-state index < -0.39 is 5.69 Å². The van der Waals surface area contributed by atoms with E-state index in [9.17, 15) is 9.59 Å². The van der Waals surface area contributed by atoms with E-state index in [-0.39, 0.29) is 18.7 Å². The summed E-state index contributed by atoms with van der Waals surface area (Å²) in [5, 5.41) is 8.93. The van der Waals surface area contributed by atoms with Crippen LogP contribution in [0.3, 0.4) is 0 Å². The van der Waals surface area contributed by atoms with Gasteiger partial charge in [-0.25, -0.2) is 4.79 Å². The lowest BCUT2D eigenvalue weighted by molar-refractivity contribution is 0.282. The number of hydrogen-bond donors (Lipinski definition) is 2. The van der Waals surface area contributed by atoms with Gasteiger partial charge in [0.25, 0.3) is 5.56 Å². The van der Waals surface area contributed by atoms with Gasteiger partial charge in [-0.1, -0.05) is 24.3 Å². The Morgan fingerprint density at radius 2 is 1.78 bits per heavy atom. The number of halogens is 1. The monoisotopic (exact) mass is 310 g/mol. The van der Waals surface area contributed by atoms with Crippen molar-refractivity contribution >= 4 is 15.9 Å². The molecule has 0 saturated carbocycles. The third-order valence-corrected chi connectivity index (χ3v) is 3.13. The number of aliphatic hydroxyl groups excluding tert-OH is 1. The van der Waals surface area contributed by atoms with Crippen LogP contribution in [0.5, 0.6) is 0 Å². The predicted molar refractivity (Wildman–Crippen MR) is 70.5 cm³/mol. The van der Waals surface area contributed by atoms with E-state index in [1.54, 1.807) is 24.3 Å². The van der Waals surface area contributed by atoms with Crippen LogP contribution < -0.4 is 11.2 Å². The quantitative estimate of drug-likeness (QED) is 0.882. The molecule has 0 spiro atoms. The number of benzene rings is 1. The average molecular weight is 311 g/mol. The molecule has 1 aromatic heterocycles. The first-order valence-electron chi connectivity index (χ1n) is 5.28. The van der Waals surface area contributed by atoms with Crippen molar-refractivity contribution in [1.29, 1.82) is 0 Å². The Labute approximate surface area is 111 Å². The molecule has 0 fully saturated rings. The summed E-state index contributed by atoms with van der Waals surface area (Å²) in [6, 6.07) is 7.07. The molecule has 0 atom stereocenters. The number of nitrogens with zero attached hydrogens (tertiary/aromatic N) is 1. The highest BCUT2D eigenvalue weighted by Crippen LogP contribution is 2.05. The van der Waals surface area contributed by atoms with Crippen LogP contribution in [-0.4, -0.2) is 14.7 Å². The van der Waals surface area contributed by atoms with Crippen LogP contribution in [0.25, 0.3) is 0 Å². The molecule has 5 nitrogen and oxygen atoms in total. The Morgan fingerprint density at radius 1 is 1.17 bits per heavy atom. The maximum Gasteiger partial charge on any atom is 0.328 e. The van der Waals surface area contributed by atoms with Crippen LogP contribution in [0.1, 0.15) is 11.1 Å². The van der Waals surface area contributed by atoms with E-state index in [2.05, 4.69) is 20.9 Å². The van der Waals surface area contributed by atoms with Crippen LogP contribution >= 0.6 is 15.9 Å². The number of hydrogen-bond acceptors (Lipinski definition) is 3. The highest BCUT2D eigenvalue weighted by Gasteiger charge is 2.05. The van der Waals surface area contributed by atoms with Gasteiger partial charge < -0.3 is 10.1 Å². The van der Waals surface area contributed by atoms with E-state index in [0.717, 1.165) is 15.7 Å². The molecule has 1 aromatic carbocycles. The van der Waals surface area contributed by atoms with Gasteiger partial charge in [0.05, 0.1) is 17.6 Å². The predicted octanol–water partition coefficient (Wildman–Crippen LogP) is 0.840. The Hall–Kier alpha value is -1.66. The number of nitrogens with one attached hydrogen (secondary N) is 1. The van der Waals surface area contributed by atoms with Gasteiger partial charge in [-0.2, -0.15) is 0 Å². The molecule has 94 valence electrons. The van der Waals surface area contributed by atoms with Crippen molar-refractivity contribution < 1.29 is 5.11 Å². The van der Waals surface area contributed by atoms with E-state index in [1.165, 1.54) is 6.20 Å². The minimum Gasteiger partial charge on any atom is -0.392 e. The Bertz CT molecular complexity index is 658. The lowest BCUT2D eigenvalue weighted by Gasteiger charge is -2.05. The third kappa shape index (κ3) is 2.60. The van der Waals surface area contributed by atoms with Crippen molar-refractivity contribution in [2.24, 2.45) is 0 Å². The third-order valence-electron chi connectivity index (χ3n) is 2.56. The van der Waals surface area contributed by atoms with E-state index >= 15 is 0 Å². The number of aromatic nitrogens is 2. The summed E-state index contributed by atoms with van der Waals surface area (Å²) in [5.41, 5.74) is 0.784. The molecule has 2 rings (SSSR count). The van der Waals surface area contributed by atoms with Gasteiger partial charge in [0, 0.05) is 6.20 Å². The van der Waals surface area contributed by atoms with Gasteiger partial charge in [-0.3, -0.25) is 9.36 Å². The van der Waals surface area contributed by atoms with Gasteiger partial charge >= 0.3 is 5.69 Å². The van der Waals surface area contributed by atoms with Crippen molar-refractivity contribution in [3.05, 3.63) is 66.9 Å². The fourth-order valence-corrected chi connectivity index (χ4v) is 1.89. The Morgan fingerprint density at radius 3 is 2.39 bits per heavy atom. The largest absolute Gasteiger partial charge is 0.392 e. The van der Waals surface area contributed by atoms with Crippen LogP contribution in [-0.2, 0) is 13.2 Å². The first-order chi connectivity index (χ1) is 8.61. The summed E-state index contributed by atoms with van der Waals surface area (Å²) in [6.45, 7) is 0.164. The smallest absolute Gasteiger partial charge is 0.328 e. The molecule has 0 bridgehead atoms. The number of aliphatic hydroxyl groups is 1. The molecule has 0 aliphatic rings. The molecular weight excluding hydrogens is 300 g/mol. The zero-order chi connectivity index (χ0) is 13.1. The number of aromatic amines is 1. The van der Waals surface area contributed by atoms with Gasteiger partial charge in [-0.15, -0.1) is 0 Å². The van der Waals surface area contributed by atoms with Gasteiger partial charge in [-0.05, 0) is 27.1 Å². The first-order valence-corrected chi connectivity index (χ1v) is 6.08. The minimum absolute atomic E-state index is 0.0301. The Kier molecular flexibility index (Phi) is 3.78. The SMILES string of the molecule is O=c1[nH]cc(Br)c(=O)n1Cc1ccc(CO)cc1. The zero-order valence-corrected chi connectivity index (χ0v) is 11.0. The molecule has 0 aliphatic heterocycles. The molecule has 2 aromatic rings. The standard InChI is InChI=1S/C12H11BrN2O3/c13-10-5-14-12(18)15(11(10)17)6-8-1-3-9(7-16)4-2-8/h1-5,16H,6-7H2,(H,14,18). The topological polar surface area (TPSA) is 75.1 Å². The van der Waals surface area contributed by atoms with Crippen LogP contribution in [0.15, 0.2) is 44.5 Å². The van der Waals surface area contributed by atoms with Crippen LogP contribution in [0.2, 0.25) is 0 Å². The van der Waals surface area contributed by atoms with E-state index in [4.69, 9.17) is 5.11 Å². The average Bonchev–Trinajstić information content (AvgIpc) is 2.40. The second kappa shape index (κ2) is 5.32. The lowest BCUT2D eigenvalue weighted by Crippen LogP contribution is -2.35. The van der Waals surface area contributed by atoms with E-state index in [1.807, 2.05) is 0 Å². The van der Waals surface area contributed by atoms with Gasteiger partial charge in [0.2, 0.25) is 0 Å². The molecule has 0 unspecified atom stereocenters. The molecule has 2 N–H and O–H groups in total. The summed E-state index contributed by atoms with van der Waals surface area (Å²) in [6.07, 6.45) is 1.33. The fourth-order valence-electron chi connectivity index (χ4n) is 1.56. The molecular formula is C12H11BrN2O3.